The molecule has 8 nitrogen and oxygen atoms in total. The molecule has 0 fully saturated rings. The number of carbonyl (C=O) groups is 2. The summed E-state index contributed by atoms with van der Waals surface area (Å²) in [6.45, 7) is 0.145. The summed E-state index contributed by atoms with van der Waals surface area (Å²) in [6, 6.07) is 26.3. The van der Waals surface area contributed by atoms with Crippen LogP contribution in [0.25, 0.3) is 10.8 Å². The molecule has 2 amide bonds. The molecule has 0 unspecified atom stereocenters. The maximum atomic E-state index is 12.4. The van der Waals surface area contributed by atoms with Gasteiger partial charge in [-0.25, -0.2) is 5.43 Å². The van der Waals surface area contributed by atoms with E-state index in [1.165, 1.54) is 14.2 Å². The Hall–Kier alpha value is -4.85. The molecule has 0 aliphatic carbocycles. The van der Waals surface area contributed by atoms with Crippen LogP contribution in [-0.2, 0) is 11.4 Å². The fourth-order valence-corrected chi connectivity index (χ4v) is 3.72. The third-order valence-electron chi connectivity index (χ3n) is 5.61. The first-order valence-corrected chi connectivity index (χ1v) is 11.6. The number of hydrogen-bond acceptors (Lipinski definition) is 6. The van der Waals surface area contributed by atoms with Gasteiger partial charge in [-0.2, -0.15) is 5.10 Å². The normalized spacial score (nSPS) is 10.8. The average molecular weight is 498 g/mol. The number of methoxy groups -OCH3 is 2. The summed E-state index contributed by atoms with van der Waals surface area (Å²) in [7, 11) is 3.00. The number of carbonyl (C=O) groups excluding carboxylic acids is 2. The fraction of sp³-hybridized carbons (Fsp3) is 0.138. The van der Waals surface area contributed by atoms with Crippen LogP contribution in [0.3, 0.4) is 0 Å². The number of hydrogen-bond donors (Lipinski definition) is 2. The van der Waals surface area contributed by atoms with Gasteiger partial charge in [0.1, 0.15) is 12.4 Å². The fourth-order valence-electron chi connectivity index (χ4n) is 3.72. The van der Waals surface area contributed by atoms with Crippen LogP contribution < -0.4 is 25.0 Å². The highest BCUT2D eigenvalue weighted by Gasteiger charge is 2.12. The lowest BCUT2D eigenvalue weighted by molar-refractivity contribution is -0.120. The molecule has 8 heteroatoms. The van der Waals surface area contributed by atoms with Gasteiger partial charge in [0.2, 0.25) is 0 Å². The molecule has 0 radical (unpaired) electrons. The zero-order valence-electron chi connectivity index (χ0n) is 20.6. The lowest BCUT2D eigenvalue weighted by atomic mass is 10.0. The Kier molecular flexibility index (Phi) is 8.33. The van der Waals surface area contributed by atoms with Crippen molar-refractivity contribution < 1.29 is 23.8 Å². The van der Waals surface area contributed by atoms with E-state index in [1.54, 1.807) is 24.4 Å². The van der Waals surface area contributed by atoms with Crippen molar-refractivity contribution in [2.75, 3.05) is 20.8 Å². The number of rotatable bonds is 10. The maximum absolute atomic E-state index is 12.4. The molecule has 188 valence electrons. The minimum atomic E-state index is -0.475. The number of fused-ring (bicyclic) bond motifs is 1. The van der Waals surface area contributed by atoms with Crippen LogP contribution in [0.1, 0.15) is 21.5 Å². The van der Waals surface area contributed by atoms with E-state index in [0.717, 1.165) is 21.9 Å². The Bertz CT molecular complexity index is 1420. The minimum absolute atomic E-state index is 0.253. The van der Waals surface area contributed by atoms with Gasteiger partial charge in [-0.3, -0.25) is 9.59 Å². The van der Waals surface area contributed by atoms with Crippen molar-refractivity contribution in [1.82, 2.24) is 10.7 Å². The number of benzene rings is 4. The van der Waals surface area contributed by atoms with Gasteiger partial charge in [0.25, 0.3) is 11.8 Å². The Morgan fingerprint density at radius 1 is 0.838 bits per heavy atom. The van der Waals surface area contributed by atoms with Crippen molar-refractivity contribution in [2.45, 2.75) is 6.61 Å². The molecule has 4 aromatic rings. The van der Waals surface area contributed by atoms with Gasteiger partial charge in [-0.1, -0.05) is 60.7 Å². The van der Waals surface area contributed by atoms with Crippen LogP contribution in [0.4, 0.5) is 0 Å². The quantitative estimate of drug-likeness (QED) is 0.251. The van der Waals surface area contributed by atoms with Crippen LogP contribution in [-0.4, -0.2) is 38.8 Å². The van der Waals surface area contributed by atoms with Crippen molar-refractivity contribution in [3.8, 4) is 17.2 Å². The van der Waals surface area contributed by atoms with E-state index in [9.17, 15) is 9.59 Å². The first kappa shape index (κ1) is 25.2. The van der Waals surface area contributed by atoms with Gasteiger partial charge >= 0.3 is 0 Å². The molecule has 2 N–H and O–H groups in total. The van der Waals surface area contributed by atoms with Crippen molar-refractivity contribution in [3.63, 3.8) is 0 Å². The number of ether oxygens (including phenoxy) is 3. The SMILES string of the molecule is COc1ccc(C(=O)NCC(=O)N/N=C\c2c(OCc3ccccc3)ccc3ccccc23)cc1OC. The van der Waals surface area contributed by atoms with E-state index >= 15 is 0 Å². The molecule has 0 aliphatic heterocycles. The second-order valence-electron chi connectivity index (χ2n) is 8.02. The van der Waals surface area contributed by atoms with Gasteiger partial charge in [-0.15, -0.1) is 0 Å². The summed E-state index contributed by atoms with van der Waals surface area (Å²) in [5.74, 6) is 0.668. The molecule has 0 bridgehead atoms. The lowest BCUT2D eigenvalue weighted by Crippen LogP contribution is -2.34. The van der Waals surface area contributed by atoms with Gasteiger partial charge in [-0.05, 0) is 40.6 Å². The highest BCUT2D eigenvalue weighted by molar-refractivity contribution is 6.03. The number of hydrazone groups is 1. The summed E-state index contributed by atoms with van der Waals surface area (Å²) < 4.78 is 16.5. The summed E-state index contributed by atoms with van der Waals surface area (Å²) in [5.41, 5.74) is 4.58. The van der Waals surface area contributed by atoms with Gasteiger partial charge in [0, 0.05) is 11.1 Å². The summed E-state index contributed by atoms with van der Waals surface area (Å²) in [5, 5.41) is 8.64. The van der Waals surface area contributed by atoms with Crippen molar-refractivity contribution in [3.05, 3.63) is 102 Å². The second-order valence-corrected chi connectivity index (χ2v) is 8.02. The van der Waals surface area contributed by atoms with Crippen LogP contribution in [0.15, 0.2) is 90.0 Å². The van der Waals surface area contributed by atoms with E-state index in [1.807, 2.05) is 66.7 Å². The molecular formula is C29H27N3O5. The smallest absolute Gasteiger partial charge is 0.259 e. The predicted octanol–water partition coefficient (Wildman–Crippen LogP) is 4.32. The van der Waals surface area contributed by atoms with Crippen molar-refractivity contribution >= 4 is 28.8 Å². The van der Waals surface area contributed by atoms with Gasteiger partial charge < -0.3 is 19.5 Å². The Labute approximate surface area is 214 Å². The largest absolute Gasteiger partial charge is 0.493 e. The van der Waals surface area contributed by atoms with E-state index in [-0.39, 0.29) is 6.54 Å². The Balaban J connectivity index is 1.41. The monoisotopic (exact) mass is 497 g/mol. The molecular weight excluding hydrogens is 470 g/mol. The summed E-state index contributed by atoms with van der Waals surface area (Å²) >= 11 is 0. The molecule has 0 aliphatic rings. The summed E-state index contributed by atoms with van der Waals surface area (Å²) in [4.78, 5) is 24.8. The number of nitrogens with one attached hydrogen (secondary N) is 2. The Morgan fingerprint density at radius 3 is 2.35 bits per heavy atom. The zero-order chi connectivity index (χ0) is 26.0. The molecule has 0 heterocycles. The standard InChI is InChI=1S/C29H27N3O5/c1-35-26-15-13-22(16-27(26)36-2)29(34)30-18-28(33)32-31-17-24-23-11-7-6-10-21(23)12-14-25(24)37-19-20-8-4-3-5-9-20/h3-17H,18-19H2,1-2H3,(H,30,34)(H,32,33)/b31-17-. The number of amides is 2. The van der Waals surface area contributed by atoms with Crippen LogP contribution >= 0.6 is 0 Å². The highest BCUT2D eigenvalue weighted by Crippen LogP contribution is 2.28. The lowest BCUT2D eigenvalue weighted by Gasteiger charge is -2.12. The Morgan fingerprint density at radius 2 is 1.57 bits per heavy atom. The number of nitrogens with zero attached hydrogens (tertiary/aromatic N) is 1. The van der Waals surface area contributed by atoms with Crippen LogP contribution in [0, 0.1) is 0 Å². The molecule has 0 saturated carbocycles. The molecule has 0 saturated heterocycles. The van der Waals surface area contributed by atoms with E-state index in [2.05, 4.69) is 15.8 Å². The molecule has 37 heavy (non-hydrogen) atoms. The molecule has 4 rings (SSSR count). The maximum Gasteiger partial charge on any atom is 0.259 e. The van der Waals surface area contributed by atoms with Crippen LogP contribution in [0.2, 0.25) is 0 Å². The first-order valence-electron chi connectivity index (χ1n) is 11.6. The third kappa shape index (κ3) is 6.43. The van der Waals surface area contributed by atoms with E-state index < -0.39 is 11.8 Å². The molecule has 0 aromatic heterocycles. The third-order valence-corrected chi connectivity index (χ3v) is 5.61. The van der Waals surface area contributed by atoms with Gasteiger partial charge in [0.05, 0.1) is 27.0 Å². The van der Waals surface area contributed by atoms with Gasteiger partial charge in [0.15, 0.2) is 11.5 Å². The highest BCUT2D eigenvalue weighted by atomic mass is 16.5. The minimum Gasteiger partial charge on any atom is -0.493 e. The van der Waals surface area contributed by atoms with E-state index in [4.69, 9.17) is 14.2 Å². The topological polar surface area (TPSA) is 98.2 Å². The second kappa shape index (κ2) is 12.2. The molecule has 0 spiro atoms. The molecule has 0 atom stereocenters. The van der Waals surface area contributed by atoms with E-state index in [0.29, 0.717) is 29.4 Å². The molecule has 4 aromatic carbocycles. The van der Waals surface area contributed by atoms with Crippen molar-refractivity contribution in [1.29, 1.82) is 0 Å². The average Bonchev–Trinajstić information content (AvgIpc) is 2.95. The summed E-state index contributed by atoms with van der Waals surface area (Å²) in [6.07, 6.45) is 1.55. The predicted molar refractivity (Wildman–Crippen MR) is 142 cm³/mol. The first-order chi connectivity index (χ1) is 18.1. The zero-order valence-corrected chi connectivity index (χ0v) is 20.6. The van der Waals surface area contributed by atoms with Crippen LogP contribution in [0.5, 0.6) is 17.2 Å². The van der Waals surface area contributed by atoms with Crippen molar-refractivity contribution in [2.24, 2.45) is 5.10 Å².